The zero-order valence-electron chi connectivity index (χ0n) is 17.4. The average Bonchev–Trinajstić information content (AvgIpc) is 3.15. The van der Waals surface area contributed by atoms with Gasteiger partial charge in [-0.05, 0) is 44.2 Å². The Labute approximate surface area is 176 Å². The number of carbonyl (C=O) groups is 3. The third kappa shape index (κ3) is 6.43. The van der Waals surface area contributed by atoms with Gasteiger partial charge in [-0.3, -0.25) is 19.8 Å². The van der Waals surface area contributed by atoms with Crippen molar-refractivity contribution >= 4 is 18.0 Å². The molecule has 0 aromatic heterocycles. The van der Waals surface area contributed by atoms with Crippen LogP contribution in [0.15, 0.2) is 30.3 Å². The number of ether oxygens (including phenoxy) is 1. The Morgan fingerprint density at radius 1 is 1.27 bits per heavy atom. The Morgan fingerprint density at radius 2 is 2.00 bits per heavy atom. The topological polar surface area (TPSA) is 134 Å². The van der Waals surface area contributed by atoms with Crippen molar-refractivity contribution in [3.63, 3.8) is 0 Å². The van der Waals surface area contributed by atoms with Gasteiger partial charge >= 0.3 is 12.1 Å². The van der Waals surface area contributed by atoms with Gasteiger partial charge < -0.3 is 20.9 Å². The van der Waals surface area contributed by atoms with Gasteiger partial charge in [0.2, 0.25) is 0 Å². The molecule has 1 aromatic rings. The van der Waals surface area contributed by atoms with Gasteiger partial charge in [-0.25, -0.2) is 4.79 Å². The van der Waals surface area contributed by atoms with Crippen LogP contribution in [0, 0.1) is 0 Å². The van der Waals surface area contributed by atoms with Crippen molar-refractivity contribution in [1.82, 2.24) is 15.5 Å². The Morgan fingerprint density at radius 3 is 2.63 bits per heavy atom. The van der Waals surface area contributed by atoms with Crippen molar-refractivity contribution in [1.29, 1.82) is 0 Å². The van der Waals surface area contributed by atoms with E-state index in [2.05, 4.69) is 10.6 Å². The zero-order valence-corrected chi connectivity index (χ0v) is 17.4. The SMILES string of the molecule is CCN1CCC[C@@]1(NC(CCCCNC(=O)OCc1ccccc1)C(=O)O)C(N)=O. The van der Waals surface area contributed by atoms with Crippen LogP contribution in [0.3, 0.4) is 0 Å². The lowest BCUT2D eigenvalue weighted by atomic mass is 10.0. The average molecular weight is 421 g/mol. The number of amides is 2. The van der Waals surface area contributed by atoms with Crippen LogP contribution in [-0.4, -0.2) is 59.3 Å². The molecular weight excluding hydrogens is 388 g/mol. The number of carboxylic acid groups (broad SMARTS) is 1. The van der Waals surface area contributed by atoms with E-state index in [1.165, 1.54) is 0 Å². The van der Waals surface area contributed by atoms with Crippen LogP contribution in [0.1, 0.15) is 44.6 Å². The van der Waals surface area contributed by atoms with Gasteiger partial charge in [0.05, 0.1) is 0 Å². The summed E-state index contributed by atoms with van der Waals surface area (Å²) < 4.78 is 5.13. The summed E-state index contributed by atoms with van der Waals surface area (Å²) in [6.07, 6.45) is 2.24. The first kappa shape index (κ1) is 23.6. The molecule has 1 aliphatic rings. The van der Waals surface area contributed by atoms with Crippen molar-refractivity contribution in [2.75, 3.05) is 19.6 Å². The van der Waals surface area contributed by atoms with Crippen molar-refractivity contribution in [3.8, 4) is 0 Å². The fraction of sp³-hybridized carbons (Fsp3) is 0.571. The molecule has 1 fully saturated rings. The number of nitrogens with two attached hydrogens (primary N) is 1. The number of likely N-dealkylation sites (N-methyl/N-ethyl adjacent to an activating group) is 1. The number of carboxylic acids is 1. The summed E-state index contributed by atoms with van der Waals surface area (Å²) in [4.78, 5) is 37.5. The number of rotatable bonds is 12. The van der Waals surface area contributed by atoms with E-state index < -0.39 is 29.7 Å². The van der Waals surface area contributed by atoms with E-state index in [1.807, 2.05) is 42.2 Å². The van der Waals surface area contributed by atoms with Crippen LogP contribution in [0.4, 0.5) is 4.79 Å². The molecule has 0 radical (unpaired) electrons. The summed E-state index contributed by atoms with van der Waals surface area (Å²) in [6.45, 7) is 3.80. The van der Waals surface area contributed by atoms with Gasteiger partial charge in [0, 0.05) is 13.1 Å². The number of hydrogen-bond acceptors (Lipinski definition) is 6. The van der Waals surface area contributed by atoms with Crippen molar-refractivity contribution < 1.29 is 24.2 Å². The molecule has 1 aliphatic heterocycles. The second-order valence-electron chi connectivity index (χ2n) is 7.43. The predicted octanol–water partition coefficient (Wildman–Crippen LogP) is 1.42. The maximum atomic E-state index is 12.1. The first-order chi connectivity index (χ1) is 14.4. The Kier molecular flexibility index (Phi) is 9.07. The summed E-state index contributed by atoms with van der Waals surface area (Å²) in [5, 5.41) is 15.3. The number of unbranched alkanes of at least 4 members (excludes halogenated alkanes) is 1. The van der Waals surface area contributed by atoms with Crippen LogP contribution in [-0.2, 0) is 20.9 Å². The van der Waals surface area contributed by atoms with E-state index >= 15 is 0 Å². The summed E-state index contributed by atoms with van der Waals surface area (Å²) in [7, 11) is 0. The van der Waals surface area contributed by atoms with Gasteiger partial charge in [-0.15, -0.1) is 0 Å². The second-order valence-corrected chi connectivity index (χ2v) is 7.43. The maximum Gasteiger partial charge on any atom is 0.407 e. The molecule has 166 valence electrons. The third-order valence-electron chi connectivity index (χ3n) is 5.41. The minimum absolute atomic E-state index is 0.195. The smallest absolute Gasteiger partial charge is 0.407 e. The highest BCUT2D eigenvalue weighted by Gasteiger charge is 2.47. The summed E-state index contributed by atoms with van der Waals surface area (Å²) in [5.74, 6) is -1.57. The minimum atomic E-state index is -1.11. The van der Waals surface area contributed by atoms with E-state index in [4.69, 9.17) is 10.5 Å². The highest BCUT2D eigenvalue weighted by atomic mass is 16.5. The van der Waals surface area contributed by atoms with Crippen LogP contribution in [0.5, 0.6) is 0 Å². The monoisotopic (exact) mass is 420 g/mol. The minimum Gasteiger partial charge on any atom is -0.480 e. The van der Waals surface area contributed by atoms with Crippen LogP contribution in [0.2, 0.25) is 0 Å². The molecule has 30 heavy (non-hydrogen) atoms. The molecule has 2 amide bonds. The number of primary amides is 1. The Hall–Kier alpha value is -2.65. The quantitative estimate of drug-likeness (QED) is 0.376. The second kappa shape index (κ2) is 11.5. The van der Waals surface area contributed by atoms with Crippen LogP contribution < -0.4 is 16.4 Å². The van der Waals surface area contributed by atoms with E-state index in [9.17, 15) is 19.5 Å². The molecule has 2 atom stereocenters. The van der Waals surface area contributed by atoms with Crippen molar-refractivity contribution in [2.45, 2.75) is 57.3 Å². The summed E-state index contributed by atoms with van der Waals surface area (Å²) >= 11 is 0. The Balaban J connectivity index is 1.74. The maximum absolute atomic E-state index is 12.1. The van der Waals surface area contributed by atoms with Crippen molar-refractivity contribution in [3.05, 3.63) is 35.9 Å². The molecule has 1 unspecified atom stereocenters. The van der Waals surface area contributed by atoms with E-state index in [-0.39, 0.29) is 6.61 Å². The standard InChI is InChI=1S/C21H32N4O5/c1-2-25-14-8-12-21(25,19(22)28)24-17(18(26)27)11-6-7-13-23-20(29)30-15-16-9-4-3-5-10-16/h3-5,9-10,17,24H,2,6-8,11-15H2,1H3,(H2,22,28)(H,23,29)(H,26,27)/t17?,21-/m0/s1. The molecule has 5 N–H and O–H groups in total. The molecule has 1 saturated heterocycles. The number of aliphatic carboxylic acids is 1. The number of carbonyl (C=O) groups excluding carboxylic acids is 2. The highest BCUT2D eigenvalue weighted by Crippen LogP contribution is 2.27. The van der Waals surface area contributed by atoms with E-state index in [0.29, 0.717) is 45.3 Å². The normalized spacial score (nSPS) is 19.9. The zero-order chi connectivity index (χ0) is 22.0. The lowest BCUT2D eigenvalue weighted by Gasteiger charge is -2.38. The van der Waals surface area contributed by atoms with Crippen molar-refractivity contribution in [2.24, 2.45) is 5.73 Å². The number of nitrogens with one attached hydrogen (secondary N) is 2. The lowest BCUT2D eigenvalue weighted by molar-refractivity contribution is -0.143. The van der Waals surface area contributed by atoms with E-state index in [0.717, 1.165) is 12.0 Å². The molecular formula is C21H32N4O5. The molecule has 1 heterocycles. The van der Waals surface area contributed by atoms with Gasteiger partial charge in [-0.2, -0.15) is 0 Å². The van der Waals surface area contributed by atoms with Crippen LogP contribution in [0.25, 0.3) is 0 Å². The van der Waals surface area contributed by atoms with Gasteiger partial charge in [0.15, 0.2) is 5.66 Å². The van der Waals surface area contributed by atoms with E-state index in [1.54, 1.807) is 0 Å². The third-order valence-corrected chi connectivity index (χ3v) is 5.41. The fourth-order valence-corrected chi connectivity index (χ4v) is 3.80. The first-order valence-electron chi connectivity index (χ1n) is 10.4. The van der Waals surface area contributed by atoms with Gasteiger partial charge in [-0.1, -0.05) is 37.3 Å². The lowest BCUT2D eigenvalue weighted by Crippen LogP contribution is -2.66. The predicted molar refractivity (Wildman–Crippen MR) is 111 cm³/mol. The molecule has 0 aliphatic carbocycles. The highest BCUT2D eigenvalue weighted by molar-refractivity contribution is 5.85. The fourth-order valence-electron chi connectivity index (χ4n) is 3.80. The Bertz CT molecular complexity index is 715. The molecule has 9 nitrogen and oxygen atoms in total. The molecule has 0 bridgehead atoms. The van der Waals surface area contributed by atoms with Gasteiger partial charge in [0.25, 0.3) is 5.91 Å². The molecule has 0 spiro atoms. The number of likely N-dealkylation sites (tertiary alicyclic amines) is 1. The molecule has 2 rings (SSSR count). The molecule has 9 heteroatoms. The molecule has 0 saturated carbocycles. The summed E-state index contributed by atoms with van der Waals surface area (Å²) in [6, 6.07) is 8.48. The van der Waals surface area contributed by atoms with Crippen LogP contribution >= 0.6 is 0 Å². The number of alkyl carbamates (subject to hydrolysis) is 1. The summed E-state index contributed by atoms with van der Waals surface area (Å²) in [5.41, 5.74) is 5.42. The number of hydrogen-bond donors (Lipinski definition) is 4. The number of benzene rings is 1. The largest absolute Gasteiger partial charge is 0.480 e. The first-order valence-corrected chi connectivity index (χ1v) is 10.4. The molecule has 1 aromatic carbocycles. The van der Waals surface area contributed by atoms with Gasteiger partial charge in [0.1, 0.15) is 12.6 Å². The number of nitrogens with zero attached hydrogens (tertiary/aromatic N) is 1.